The van der Waals surface area contributed by atoms with Crippen LogP contribution in [0.3, 0.4) is 0 Å². The third-order valence-electron chi connectivity index (χ3n) is 4.51. The minimum Gasteiger partial charge on any atom is -0.314 e. The first-order valence-corrected chi connectivity index (χ1v) is 10.1. The molecule has 0 aromatic carbocycles. The Kier molecular flexibility index (Phi) is 18.0. The average Bonchev–Trinajstić information content (AvgIpc) is 2.50. The molecule has 0 saturated carbocycles. The molecule has 0 aliphatic carbocycles. The fourth-order valence-corrected chi connectivity index (χ4v) is 3.07. The second-order valence-electron chi connectivity index (χ2n) is 6.76. The van der Waals surface area contributed by atoms with Crippen molar-refractivity contribution < 1.29 is 0 Å². The van der Waals surface area contributed by atoms with Gasteiger partial charge in [0, 0.05) is 6.04 Å². The van der Waals surface area contributed by atoms with E-state index in [-0.39, 0.29) is 0 Å². The first kappa shape index (κ1) is 21.0. The normalized spacial score (nSPS) is 12.7. The van der Waals surface area contributed by atoms with Crippen molar-refractivity contribution in [3.05, 3.63) is 0 Å². The molecule has 1 atom stereocenters. The molecule has 0 saturated heterocycles. The largest absolute Gasteiger partial charge is 0.314 e. The molecule has 0 heterocycles. The lowest BCUT2D eigenvalue weighted by molar-refractivity contribution is 0.426. The van der Waals surface area contributed by atoms with Gasteiger partial charge in [0.05, 0.1) is 0 Å². The molecule has 0 bridgehead atoms. The molecule has 128 valence electrons. The molecule has 21 heavy (non-hydrogen) atoms. The summed E-state index contributed by atoms with van der Waals surface area (Å²) in [5.41, 5.74) is 0. The van der Waals surface area contributed by atoms with E-state index in [1.807, 2.05) is 0 Å². The van der Waals surface area contributed by atoms with Crippen LogP contribution >= 0.6 is 0 Å². The Balaban J connectivity index is 3.25. The van der Waals surface area contributed by atoms with Gasteiger partial charge in [-0.1, -0.05) is 97.8 Å². The Morgan fingerprint density at radius 2 is 1.05 bits per heavy atom. The van der Waals surface area contributed by atoms with Crippen LogP contribution in [0.2, 0.25) is 0 Å². The molecule has 0 aliphatic rings. The van der Waals surface area contributed by atoms with E-state index in [4.69, 9.17) is 0 Å². The van der Waals surface area contributed by atoms with Crippen molar-refractivity contribution in [1.29, 1.82) is 0 Å². The molecule has 0 aromatic rings. The molecular formula is C20H43N. The van der Waals surface area contributed by atoms with Crippen LogP contribution < -0.4 is 5.32 Å². The van der Waals surface area contributed by atoms with E-state index in [1.165, 1.54) is 103 Å². The van der Waals surface area contributed by atoms with E-state index in [9.17, 15) is 0 Å². The summed E-state index contributed by atoms with van der Waals surface area (Å²) in [6.45, 7) is 8.14. The predicted octanol–water partition coefficient (Wildman–Crippen LogP) is 6.86. The van der Waals surface area contributed by atoms with Gasteiger partial charge in [-0.05, 0) is 25.8 Å². The van der Waals surface area contributed by atoms with Gasteiger partial charge in [0.25, 0.3) is 0 Å². The maximum atomic E-state index is 3.78. The zero-order valence-electron chi connectivity index (χ0n) is 15.4. The van der Waals surface area contributed by atoms with Crippen molar-refractivity contribution in [1.82, 2.24) is 5.32 Å². The Labute approximate surface area is 135 Å². The zero-order chi connectivity index (χ0) is 15.6. The lowest BCUT2D eigenvalue weighted by atomic mass is 10.0. The number of hydrogen-bond donors (Lipinski definition) is 1. The van der Waals surface area contributed by atoms with Crippen LogP contribution in [-0.2, 0) is 0 Å². The van der Waals surface area contributed by atoms with E-state index in [0.29, 0.717) is 0 Å². The fourth-order valence-electron chi connectivity index (χ4n) is 3.07. The van der Waals surface area contributed by atoms with Crippen molar-refractivity contribution in [2.75, 3.05) is 6.54 Å². The van der Waals surface area contributed by atoms with Crippen LogP contribution in [0.25, 0.3) is 0 Å². The molecule has 0 aliphatic heterocycles. The van der Waals surface area contributed by atoms with Crippen molar-refractivity contribution in [2.24, 2.45) is 0 Å². The second-order valence-corrected chi connectivity index (χ2v) is 6.76. The van der Waals surface area contributed by atoms with Gasteiger partial charge >= 0.3 is 0 Å². The Bertz CT molecular complexity index is 179. The minimum atomic E-state index is 0.786. The third kappa shape index (κ3) is 16.2. The van der Waals surface area contributed by atoms with E-state index in [2.05, 4.69) is 26.1 Å². The molecule has 1 nitrogen and oxygen atoms in total. The van der Waals surface area contributed by atoms with Crippen LogP contribution in [0.4, 0.5) is 0 Å². The predicted molar refractivity (Wildman–Crippen MR) is 98.1 cm³/mol. The molecule has 1 heteroatoms. The van der Waals surface area contributed by atoms with Crippen molar-refractivity contribution >= 4 is 0 Å². The van der Waals surface area contributed by atoms with Gasteiger partial charge in [0.1, 0.15) is 0 Å². The van der Waals surface area contributed by atoms with Gasteiger partial charge in [0.15, 0.2) is 0 Å². The minimum absolute atomic E-state index is 0.786. The lowest BCUT2D eigenvalue weighted by Crippen LogP contribution is -2.29. The topological polar surface area (TPSA) is 12.0 Å². The highest BCUT2D eigenvalue weighted by Crippen LogP contribution is 2.11. The standard InChI is InChI=1S/C20H43N/c1-4-7-9-10-11-12-13-14-15-16-19-21-20(17-6-3)18-8-5-2/h20-21H,4-19H2,1-3H3. The quantitative estimate of drug-likeness (QED) is 0.289. The first-order valence-electron chi connectivity index (χ1n) is 10.1. The summed E-state index contributed by atoms with van der Waals surface area (Å²) in [5, 5.41) is 3.78. The first-order chi connectivity index (χ1) is 10.3. The fraction of sp³-hybridized carbons (Fsp3) is 1.00. The molecule has 0 fully saturated rings. The molecule has 1 unspecified atom stereocenters. The average molecular weight is 298 g/mol. The van der Waals surface area contributed by atoms with Crippen LogP contribution in [0.5, 0.6) is 0 Å². The SMILES string of the molecule is CCCCCCCCCCCCNC(CCC)CCCC. The molecule has 0 radical (unpaired) electrons. The van der Waals surface area contributed by atoms with Gasteiger partial charge in [-0.3, -0.25) is 0 Å². The Hall–Kier alpha value is -0.0400. The van der Waals surface area contributed by atoms with E-state index < -0.39 is 0 Å². The van der Waals surface area contributed by atoms with Gasteiger partial charge in [-0.25, -0.2) is 0 Å². The monoisotopic (exact) mass is 297 g/mol. The van der Waals surface area contributed by atoms with E-state index in [0.717, 1.165) is 6.04 Å². The van der Waals surface area contributed by atoms with E-state index in [1.54, 1.807) is 0 Å². The maximum Gasteiger partial charge on any atom is 0.00669 e. The van der Waals surface area contributed by atoms with Crippen LogP contribution in [0.15, 0.2) is 0 Å². The highest BCUT2D eigenvalue weighted by molar-refractivity contribution is 4.66. The summed E-state index contributed by atoms with van der Waals surface area (Å²) in [5.74, 6) is 0. The molecular weight excluding hydrogens is 254 g/mol. The summed E-state index contributed by atoms with van der Waals surface area (Å²) in [7, 11) is 0. The van der Waals surface area contributed by atoms with Gasteiger partial charge < -0.3 is 5.32 Å². The highest BCUT2D eigenvalue weighted by Gasteiger charge is 2.05. The lowest BCUT2D eigenvalue weighted by Gasteiger charge is -2.17. The summed E-state index contributed by atoms with van der Waals surface area (Å²) < 4.78 is 0. The Morgan fingerprint density at radius 1 is 0.524 bits per heavy atom. The molecule has 0 aromatic heterocycles. The summed E-state index contributed by atoms with van der Waals surface area (Å²) in [6, 6.07) is 0.786. The third-order valence-corrected chi connectivity index (χ3v) is 4.51. The molecule has 0 amide bonds. The Morgan fingerprint density at radius 3 is 1.57 bits per heavy atom. The van der Waals surface area contributed by atoms with Crippen LogP contribution in [0.1, 0.15) is 117 Å². The van der Waals surface area contributed by atoms with Gasteiger partial charge in [0.2, 0.25) is 0 Å². The maximum absolute atomic E-state index is 3.78. The molecule has 0 spiro atoms. The van der Waals surface area contributed by atoms with Crippen LogP contribution in [-0.4, -0.2) is 12.6 Å². The number of rotatable bonds is 17. The smallest absolute Gasteiger partial charge is 0.00669 e. The number of nitrogens with one attached hydrogen (secondary N) is 1. The summed E-state index contributed by atoms with van der Waals surface area (Å²) in [6.07, 6.45) is 21.1. The highest BCUT2D eigenvalue weighted by atomic mass is 14.9. The number of hydrogen-bond acceptors (Lipinski definition) is 1. The van der Waals surface area contributed by atoms with Crippen LogP contribution in [0, 0.1) is 0 Å². The summed E-state index contributed by atoms with van der Waals surface area (Å²) in [4.78, 5) is 0. The molecule has 1 N–H and O–H groups in total. The van der Waals surface area contributed by atoms with Gasteiger partial charge in [-0.15, -0.1) is 0 Å². The second kappa shape index (κ2) is 18.0. The zero-order valence-corrected chi connectivity index (χ0v) is 15.4. The van der Waals surface area contributed by atoms with Crippen molar-refractivity contribution in [3.8, 4) is 0 Å². The van der Waals surface area contributed by atoms with Gasteiger partial charge in [-0.2, -0.15) is 0 Å². The number of unbranched alkanes of at least 4 members (excludes halogenated alkanes) is 10. The summed E-state index contributed by atoms with van der Waals surface area (Å²) >= 11 is 0. The van der Waals surface area contributed by atoms with E-state index >= 15 is 0 Å². The van der Waals surface area contributed by atoms with Crippen molar-refractivity contribution in [3.63, 3.8) is 0 Å². The molecule has 0 rings (SSSR count). The van der Waals surface area contributed by atoms with Crippen molar-refractivity contribution in [2.45, 2.75) is 123 Å².